The van der Waals surface area contributed by atoms with Gasteiger partial charge in [-0.2, -0.15) is 0 Å². The van der Waals surface area contributed by atoms with Gasteiger partial charge in [-0.05, 0) is 50.8 Å². The Hall–Kier alpha value is -1.43. The standard InChI is InChI=1S/C23H37N3O2/c1-18(2)20-9-7-19(8-10-20)15-26-12-6-11-23(28,21(26)27)17-25-14-13-24(5)22(3,4)16-25/h7-10,18,28H,6,11-17H2,1-5H3/t23-/m1/s1. The van der Waals surface area contributed by atoms with Crippen molar-refractivity contribution in [3.63, 3.8) is 0 Å². The Morgan fingerprint density at radius 2 is 1.79 bits per heavy atom. The van der Waals surface area contributed by atoms with Crippen LogP contribution < -0.4 is 0 Å². The van der Waals surface area contributed by atoms with Crippen molar-refractivity contribution in [2.24, 2.45) is 0 Å². The Morgan fingerprint density at radius 3 is 2.39 bits per heavy atom. The van der Waals surface area contributed by atoms with E-state index in [9.17, 15) is 9.90 Å². The molecule has 2 aliphatic rings. The molecule has 0 saturated carbocycles. The van der Waals surface area contributed by atoms with E-state index in [-0.39, 0.29) is 11.4 Å². The Balaban J connectivity index is 1.65. The van der Waals surface area contributed by atoms with Crippen LogP contribution in [0.2, 0.25) is 0 Å². The van der Waals surface area contributed by atoms with Crippen LogP contribution in [-0.2, 0) is 11.3 Å². The van der Waals surface area contributed by atoms with Crippen LogP contribution in [0, 0.1) is 0 Å². The highest BCUT2D eigenvalue weighted by Gasteiger charge is 2.44. The number of amides is 1. The van der Waals surface area contributed by atoms with Crippen molar-refractivity contribution in [1.29, 1.82) is 0 Å². The average Bonchev–Trinajstić information content (AvgIpc) is 2.62. The summed E-state index contributed by atoms with van der Waals surface area (Å²) in [4.78, 5) is 19.6. The molecule has 1 aromatic carbocycles. The van der Waals surface area contributed by atoms with Crippen molar-refractivity contribution < 1.29 is 9.90 Å². The van der Waals surface area contributed by atoms with E-state index in [1.165, 1.54) is 5.56 Å². The molecule has 0 aliphatic carbocycles. The van der Waals surface area contributed by atoms with Crippen LogP contribution in [-0.4, -0.2) is 76.6 Å². The zero-order chi connectivity index (χ0) is 20.5. The van der Waals surface area contributed by atoms with E-state index in [2.05, 4.69) is 68.8 Å². The number of hydrogen-bond acceptors (Lipinski definition) is 4. The highest BCUT2D eigenvalue weighted by atomic mass is 16.3. The van der Waals surface area contributed by atoms with Crippen molar-refractivity contribution in [3.8, 4) is 0 Å². The third-order valence-corrected chi connectivity index (χ3v) is 6.60. The summed E-state index contributed by atoms with van der Waals surface area (Å²) < 4.78 is 0. The predicted molar refractivity (Wildman–Crippen MR) is 113 cm³/mol. The van der Waals surface area contributed by atoms with E-state index in [1.807, 2.05) is 4.90 Å². The Labute approximate surface area is 170 Å². The molecule has 28 heavy (non-hydrogen) atoms. The van der Waals surface area contributed by atoms with E-state index >= 15 is 0 Å². The van der Waals surface area contributed by atoms with Gasteiger partial charge in [-0.25, -0.2) is 0 Å². The minimum atomic E-state index is -1.26. The molecule has 2 fully saturated rings. The molecular weight excluding hydrogens is 350 g/mol. The molecule has 5 nitrogen and oxygen atoms in total. The Kier molecular flexibility index (Phi) is 6.18. The molecule has 0 unspecified atom stereocenters. The molecule has 1 atom stereocenters. The number of carbonyl (C=O) groups excluding carboxylic acids is 1. The number of piperazine rings is 1. The van der Waals surface area contributed by atoms with Crippen molar-refractivity contribution >= 4 is 5.91 Å². The summed E-state index contributed by atoms with van der Waals surface area (Å²) in [6, 6.07) is 8.51. The minimum absolute atomic E-state index is 0.0597. The van der Waals surface area contributed by atoms with Gasteiger partial charge in [-0.3, -0.25) is 14.6 Å². The number of hydrogen-bond donors (Lipinski definition) is 1. The van der Waals surface area contributed by atoms with Gasteiger partial charge in [-0.15, -0.1) is 0 Å². The van der Waals surface area contributed by atoms with Crippen molar-refractivity contribution in [2.75, 3.05) is 39.8 Å². The van der Waals surface area contributed by atoms with Crippen LogP contribution in [0.25, 0.3) is 0 Å². The van der Waals surface area contributed by atoms with Crippen LogP contribution in [0.1, 0.15) is 57.6 Å². The number of β-amino-alcohol motifs (C(OH)–C–C–N with tert-alkyl or cyclic N) is 1. The fraction of sp³-hybridized carbons (Fsp3) is 0.696. The summed E-state index contributed by atoms with van der Waals surface area (Å²) in [5.74, 6) is 0.395. The van der Waals surface area contributed by atoms with E-state index in [4.69, 9.17) is 0 Å². The Morgan fingerprint density at radius 1 is 1.11 bits per heavy atom. The number of rotatable bonds is 5. The second-order valence-corrected chi connectivity index (χ2v) is 9.70. The number of piperidine rings is 1. The predicted octanol–water partition coefficient (Wildman–Crippen LogP) is 2.69. The van der Waals surface area contributed by atoms with Crippen molar-refractivity contribution in [3.05, 3.63) is 35.4 Å². The lowest BCUT2D eigenvalue weighted by Gasteiger charge is -2.48. The maximum Gasteiger partial charge on any atom is 0.256 e. The molecule has 1 aromatic rings. The van der Waals surface area contributed by atoms with Crippen molar-refractivity contribution in [1.82, 2.24) is 14.7 Å². The summed E-state index contributed by atoms with van der Waals surface area (Å²) in [5, 5.41) is 11.2. The van der Waals surface area contributed by atoms with Gasteiger partial charge in [0.15, 0.2) is 5.60 Å². The first-order chi connectivity index (χ1) is 13.1. The van der Waals surface area contributed by atoms with Gasteiger partial charge in [0.05, 0.1) is 0 Å². The molecule has 0 aromatic heterocycles. The third kappa shape index (κ3) is 4.58. The molecule has 156 valence electrons. The first-order valence-electron chi connectivity index (χ1n) is 10.6. The van der Waals surface area contributed by atoms with Gasteiger partial charge in [0.25, 0.3) is 5.91 Å². The molecule has 2 heterocycles. The monoisotopic (exact) mass is 387 g/mol. The quantitative estimate of drug-likeness (QED) is 0.844. The maximum atomic E-state index is 13.2. The summed E-state index contributed by atoms with van der Waals surface area (Å²) in [7, 11) is 2.14. The second kappa shape index (κ2) is 8.13. The van der Waals surface area contributed by atoms with Gasteiger partial charge in [0.2, 0.25) is 0 Å². The first kappa shape index (κ1) is 21.3. The summed E-state index contributed by atoms with van der Waals surface area (Å²) >= 11 is 0. The zero-order valence-corrected chi connectivity index (χ0v) is 18.2. The van der Waals surface area contributed by atoms with Crippen LogP contribution in [0.4, 0.5) is 0 Å². The SMILES string of the molecule is CC(C)c1ccc(CN2CCC[C@@](O)(CN3CCN(C)C(C)(C)C3)C2=O)cc1. The normalized spacial score (nSPS) is 26.8. The van der Waals surface area contributed by atoms with E-state index in [0.717, 1.165) is 38.2 Å². The third-order valence-electron chi connectivity index (χ3n) is 6.60. The number of benzene rings is 1. The maximum absolute atomic E-state index is 13.2. The largest absolute Gasteiger partial charge is 0.379 e. The number of likely N-dealkylation sites (N-methyl/N-ethyl adjacent to an activating group) is 1. The number of likely N-dealkylation sites (tertiary alicyclic amines) is 1. The van der Waals surface area contributed by atoms with Crippen LogP contribution >= 0.6 is 0 Å². The van der Waals surface area contributed by atoms with Crippen LogP contribution in [0.3, 0.4) is 0 Å². The molecule has 2 aliphatic heterocycles. The van der Waals surface area contributed by atoms with Gasteiger partial charge >= 0.3 is 0 Å². The van der Waals surface area contributed by atoms with Crippen LogP contribution in [0.5, 0.6) is 0 Å². The van der Waals surface area contributed by atoms with Gasteiger partial charge < -0.3 is 10.0 Å². The summed E-state index contributed by atoms with van der Waals surface area (Å²) in [6.45, 7) is 13.3. The molecule has 1 N–H and O–H groups in total. The second-order valence-electron chi connectivity index (χ2n) is 9.70. The molecule has 5 heteroatoms. The minimum Gasteiger partial charge on any atom is -0.379 e. The molecule has 1 amide bonds. The van der Waals surface area contributed by atoms with Gasteiger partial charge in [0, 0.05) is 44.8 Å². The fourth-order valence-electron chi connectivity index (χ4n) is 4.44. The number of aliphatic hydroxyl groups is 1. The van der Waals surface area contributed by atoms with Gasteiger partial charge in [-0.1, -0.05) is 38.1 Å². The molecule has 3 rings (SSSR count). The Bertz CT molecular complexity index is 686. The first-order valence-corrected chi connectivity index (χ1v) is 10.6. The number of carbonyl (C=O) groups is 1. The average molecular weight is 388 g/mol. The lowest BCUT2D eigenvalue weighted by molar-refractivity contribution is -0.161. The highest BCUT2D eigenvalue weighted by molar-refractivity contribution is 5.86. The lowest BCUT2D eigenvalue weighted by atomic mass is 9.89. The molecular formula is C23H37N3O2. The van der Waals surface area contributed by atoms with E-state index in [1.54, 1.807) is 0 Å². The molecule has 0 bridgehead atoms. The summed E-state index contributed by atoms with van der Waals surface area (Å²) in [6.07, 6.45) is 1.41. The zero-order valence-electron chi connectivity index (χ0n) is 18.2. The van der Waals surface area contributed by atoms with Crippen LogP contribution in [0.15, 0.2) is 24.3 Å². The number of nitrogens with zero attached hydrogens (tertiary/aromatic N) is 3. The van der Waals surface area contributed by atoms with Crippen molar-refractivity contribution in [2.45, 2.75) is 64.1 Å². The molecule has 0 radical (unpaired) electrons. The smallest absolute Gasteiger partial charge is 0.256 e. The molecule has 0 spiro atoms. The van der Waals surface area contributed by atoms with Gasteiger partial charge in [0.1, 0.15) is 0 Å². The topological polar surface area (TPSA) is 47.0 Å². The lowest BCUT2D eigenvalue weighted by Crippen LogP contribution is -2.63. The fourth-order valence-corrected chi connectivity index (χ4v) is 4.44. The summed E-state index contributed by atoms with van der Waals surface area (Å²) in [5.41, 5.74) is 1.23. The van der Waals surface area contributed by atoms with E-state index < -0.39 is 5.60 Å². The van der Waals surface area contributed by atoms with E-state index in [0.29, 0.717) is 25.4 Å². The molecule has 2 saturated heterocycles. The highest BCUT2D eigenvalue weighted by Crippen LogP contribution is 2.28.